The molecular weight excluding hydrogens is 346 g/mol. The van der Waals surface area contributed by atoms with Crippen LogP contribution in [0.25, 0.3) is 11.1 Å². The molecule has 0 amide bonds. The maximum absolute atomic E-state index is 6.17. The normalized spacial score (nSPS) is 15.0. The summed E-state index contributed by atoms with van der Waals surface area (Å²) in [6.45, 7) is 1.76. The summed E-state index contributed by atoms with van der Waals surface area (Å²) in [7, 11) is 1.62. The smallest absolute Gasteiger partial charge is 0.228 e. The molecule has 0 atom stereocenters. The molecule has 3 heterocycles. The van der Waals surface area contributed by atoms with Gasteiger partial charge in [0.05, 0.1) is 7.11 Å². The molecule has 0 unspecified atom stereocenters. The minimum Gasteiger partial charge on any atom is -0.490 e. The van der Waals surface area contributed by atoms with Gasteiger partial charge in [-0.2, -0.15) is 16.3 Å². The average molecular weight is 367 g/mol. The summed E-state index contributed by atoms with van der Waals surface area (Å²) in [5, 5.41) is 4.26. The fourth-order valence-corrected chi connectivity index (χ4v) is 3.78. The van der Waals surface area contributed by atoms with Gasteiger partial charge in [0.1, 0.15) is 11.9 Å². The molecule has 0 bridgehead atoms. The summed E-state index contributed by atoms with van der Waals surface area (Å²) >= 11 is 1.71. The van der Waals surface area contributed by atoms with Crippen molar-refractivity contribution >= 4 is 17.3 Å². The van der Waals surface area contributed by atoms with Gasteiger partial charge in [-0.05, 0) is 40.1 Å². The lowest BCUT2D eigenvalue weighted by molar-refractivity contribution is 0.170. The van der Waals surface area contributed by atoms with Crippen molar-refractivity contribution < 1.29 is 9.47 Å². The van der Waals surface area contributed by atoms with E-state index in [1.165, 1.54) is 11.1 Å². The minimum absolute atomic E-state index is 0.226. The van der Waals surface area contributed by atoms with Crippen LogP contribution in [-0.2, 0) is 0 Å². The van der Waals surface area contributed by atoms with Gasteiger partial charge in [0.15, 0.2) is 0 Å². The van der Waals surface area contributed by atoms with E-state index in [9.17, 15) is 0 Å². The Morgan fingerprint density at radius 1 is 1.04 bits per heavy atom. The molecule has 1 aliphatic rings. The topological polar surface area (TPSA) is 47.5 Å². The predicted octanol–water partition coefficient (Wildman–Crippen LogP) is 4.26. The molecule has 2 aromatic heterocycles. The number of nitrogens with zero attached hydrogens (tertiary/aromatic N) is 3. The molecule has 0 saturated carbocycles. The van der Waals surface area contributed by atoms with Gasteiger partial charge >= 0.3 is 0 Å². The third-order valence-electron chi connectivity index (χ3n) is 4.56. The molecule has 1 saturated heterocycles. The minimum atomic E-state index is 0.226. The number of methoxy groups -OCH3 is 1. The number of rotatable bonds is 5. The zero-order chi connectivity index (χ0) is 17.8. The monoisotopic (exact) mass is 367 g/mol. The summed E-state index contributed by atoms with van der Waals surface area (Å²) in [5.41, 5.74) is 2.48. The van der Waals surface area contributed by atoms with Crippen molar-refractivity contribution in [3.63, 3.8) is 0 Å². The summed E-state index contributed by atoms with van der Waals surface area (Å²) in [6.07, 6.45) is 3.86. The fourth-order valence-electron chi connectivity index (χ4n) is 3.12. The molecular formula is C20H21N3O2S. The van der Waals surface area contributed by atoms with Crippen LogP contribution in [0.1, 0.15) is 12.8 Å². The van der Waals surface area contributed by atoms with Crippen molar-refractivity contribution in [3.05, 3.63) is 53.4 Å². The van der Waals surface area contributed by atoms with Crippen molar-refractivity contribution in [3.8, 4) is 22.8 Å². The van der Waals surface area contributed by atoms with Crippen LogP contribution in [0, 0.1) is 0 Å². The lowest BCUT2D eigenvalue weighted by Gasteiger charge is -2.32. The zero-order valence-electron chi connectivity index (χ0n) is 14.7. The Hall–Kier alpha value is -2.60. The maximum atomic E-state index is 6.17. The van der Waals surface area contributed by atoms with Crippen LogP contribution < -0.4 is 14.4 Å². The third-order valence-corrected chi connectivity index (χ3v) is 5.25. The van der Waals surface area contributed by atoms with Crippen LogP contribution in [0.15, 0.2) is 53.4 Å². The number of ether oxygens (including phenoxy) is 2. The number of aromatic nitrogens is 2. The molecule has 1 fully saturated rings. The largest absolute Gasteiger partial charge is 0.490 e. The molecule has 1 aromatic carbocycles. The van der Waals surface area contributed by atoms with Crippen molar-refractivity contribution in [1.29, 1.82) is 0 Å². The Morgan fingerprint density at radius 3 is 2.54 bits per heavy atom. The van der Waals surface area contributed by atoms with Crippen LogP contribution >= 0.6 is 11.3 Å². The van der Waals surface area contributed by atoms with Crippen LogP contribution in [-0.4, -0.2) is 36.3 Å². The Morgan fingerprint density at radius 2 is 1.85 bits per heavy atom. The molecule has 6 heteroatoms. The van der Waals surface area contributed by atoms with Gasteiger partial charge in [-0.3, -0.25) is 0 Å². The summed E-state index contributed by atoms with van der Waals surface area (Å²) in [5.74, 6) is 2.25. The van der Waals surface area contributed by atoms with Gasteiger partial charge in [-0.15, -0.1) is 0 Å². The van der Waals surface area contributed by atoms with Gasteiger partial charge in [0, 0.05) is 38.2 Å². The molecule has 0 N–H and O–H groups in total. The van der Waals surface area contributed by atoms with Crippen molar-refractivity contribution in [1.82, 2.24) is 9.97 Å². The third kappa shape index (κ3) is 3.80. The summed E-state index contributed by atoms with van der Waals surface area (Å²) < 4.78 is 11.3. The lowest BCUT2D eigenvalue weighted by atomic mass is 10.1. The molecule has 26 heavy (non-hydrogen) atoms. The SMILES string of the molecule is COc1ccnc(N2CCC(Oc3ccc(-c4ccsc4)cc3)CC2)n1. The highest BCUT2D eigenvalue weighted by Crippen LogP contribution is 2.26. The molecule has 0 aliphatic carbocycles. The summed E-state index contributed by atoms with van der Waals surface area (Å²) in [4.78, 5) is 10.9. The van der Waals surface area contributed by atoms with Crippen LogP contribution in [0.4, 0.5) is 5.95 Å². The molecule has 0 radical (unpaired) electrons. The highest BCUT2D eigenvalue weighted by Gasteiger charge is 2.22. The Kier molecular flexibility index (Phi) is 5.02. The molecule has 5 nitrogen and oxygen atoms in total. The van der Waals surface area contributed by atoms with Crippen molar-refractivity contribution in [2.75, 3.05) is 25.1 Å². The van der Waals surface area contributed by atoms with Gasteiger partial charge < -0.3 is 14.4 Å². The van der Waals surface area contributed by atoms with Crippen molar-refractivity contribution in [2.24, 2.45) is 0 Å². The first kappa shape index (κ1) is 16.8. The highest BCUT2D eigenvalue weighted by atomic mass is 32.1. The first-order valence-corrected chi connectivity index (χ1v) is 9.67. The van der Waals surface area contributed by atoms with Crippen LogP contribution in [0.2, 0.25) is 0 Å². The van der Waals surface area contributed by atoms with Crippen LogP contribution in [0.5, 0.6) is 11.6 Å². The van der Waals surface area contributed by atoms with Crippen LogP contribution in [0.3, 0.4) is 0 Å². The van der Waals surface area contributed by atoms with E-state index in [0.29, 0.717) is 5.88 Å². The zero-order valence-corrected chi connectivity index (χ0v) is 15.5. The number of hydrogen-bond acceptors (Lipinski definition) is 6. The standard InChI is InChI=1S/C20H21N3O2S/c1-24-19-6-10-21-20(22-19)23-11-7-18(8-12-23)25-17-4-2-15(3-5-17)16-9-13-26-14-16/h2-6,9-10,13-14,18H,7-8,11-12H2,1H3. The molecule has 4 rings (SSSR count). The Bertz CT molecular complexity index is 829. The second-order valence-corrected chi connectivity index (χ2v) is 7.02. The second-order valence-electron chi connectivity index (χ2n) is 6.24. The Labute approximate surface area is 157 Å². The quantitative estimate of drug-likeness (QED) is 0.674. The number of piperidine rings is 1. The molecule has 0 spiro atoms. The Balaban J connectivity index is 1.33. The highest BCUT2D eigenvalue weighted by molar-refractivity contribution is 7.08. The first-order valence-electron chi connectivity index (χ1n) is 8.73. The van der Waals surface area contributed by atoms with E-state index in [2.05, 4.69) is 56.0 Å². The lowest BCUT2D eigenvalue weighted by Crippen LogP contribution is -2.39. The van der Waals surface area contributed by atoms with E-state index >= 15 is 0 Å². The van der Waals surface area contributed by atoms with E-state index in [0.717, 1.165) is 37.6 Å². The van der Waals surface area contributed by atoms with Gasteiger partial charge in [-0.25, -0.2) is 4.98 Å². The first-order chi connectivity index (χ1) is 12.8. The van der Waals surface area contributed by atoms with Gasteiger partial charge in [0.25, 0.3) is 0 Å². The number of hydrogen-bond donors (Lipinski definition) is 0. The number of anilines is 1. The van der Waals surface area contributed by atoms with E-state index < -0.39 is 0 Å². The van der Waals surface area contributed by atoms with Gasteiger partial charge in [0.2, 0.25) is 11.8 Å². The molecule has 3 aromatic rings. The second kappa shape index (κ2) is 7.74. The summed E-state index contributed by atoms with van der Waals surface area (Å²) in [6, 6.07) is 12.3. The molecule has 134 valence electrons. The predicted molar refractivity (Wildman–Crippen MR) is 104 cm³/mol. The van der Waals surface area contributed by atoms with E-state index in [1.54, 1.807) is 30.7 Å². The average Bonchev–Trinajstić information content (AvgIpc) is 3.24. The van der Waals surface area contributed by atoms with Gasteiger partial charge in [-0.1, -0.05) is 12.1 Å². The number of thiophene rings is 1. The maximum Gasteiger partial charge on any atom is 0.228 e. The van der Waals surface area contributed by atoms with Crippen molar-refractivity contribution in [2.45, 2.75) is 18.9 Å². The molecule has 1 aliphatic heterocycles. The number of benzene rings is 1. The van der Waals surface area contributed by atoms with E-state index in [-0.39, 0.29) is 6.10 Å². The fraction of sp³-hybridized carbons (Fsp3) is 0.300. The van der Waals surface area contributed by atoms with E-state index in [1.807, 2.05) is 0 Å². The van der Waals surface area contributed by atoms with E-state index in [4.69, 9.17) is 9.47 Å².